The molecule has 9 heteroatoms. The molecule has 1 fully saturated rings. The van der Waals surface area contributed by atoms with Crippen molar-refractivity contribution in [2.24, 2.45) is 0 Å². The Hall–Kier alpha value is -3.88. The van der Waals surface area contributed by atoms with E-state index in [1.54, 1.807) is 53.4 Å². The molecule has 1 unspecified atom stereocenters. The molecule has 2 aliphatic rings. The first-order valence-corrected chi connectivity index (χ1v) is 10.9. The predicted octanol–water partition coefficient (Wildman–Crippen LogP) is 2.34. The molecule has 0 bridgehead atoms. The Balaban J connectivity index is 1.44. The molecule has 2 heterocycles. The van der Waals surface area contributed by atoms with Crippen molar-refractivity contribution in [3.8, 4) is 5.75 Å². The normalized spacial score (nSPS) is 19.0. The minimum Gasteiger partial charge on any atom is -0.493 e. The number of hydrogen-bond donors (Lipinski definition) is 2. The second-order valence-corrected chi connectivity index (χ2v) is 7.92. The van der Waals surface area contributed by atoms with Crippen LogP contribution >= 0.6 is 0 Å². The number of nitrogens with one attached hydrogen (secondary N) is 2. The molecular weight excluding hydrogens is 424 g/mol. The number of urea groups is 1. The Morgan fingerprint density at radius 2 is 1.79 bits per heavy atom. The monoisotopic (exact) mass is 450 g/mol. The molecule has 1 atom stereocenters. The lowest BCUT2D eigenvalue weighted by Crippen LogP contribution is -2.48. The summed E-state index contributed by atoms with van der Waals surface area (Å²) in [6.45, 7) is 4.90. The summed E-state index contributed by atoms with van der Waals surface area (Å²) >= 11 is 0. The summed E-state index contributed by atoms with van der Waals surface area (Å²) < 4.78 is 5.62. The molecule has 1 saturated heterocycles. The first kappa shape index (κ1) is 22.3. The lowest BCUT2D eigenvalue weighted by atomic mass is 9.84. The van der Waals surface area contributed by atoms with Crippen LogP contribution in [0.5, 0.6) is 5.75 Å². The molecule has 2 N–H and O–H groups in total. The number of ether oxygens (including phenoxy) is 1. The quantitative estimate of drug-likeness (QED) is 0.657. The van der Waals surface area contributed by atoms with Crippen LogP contribution in [0.1, 0.15) is 36.2 Å². The number of carbonyl (C=O) groups is 4. The molecule has 0 aromatic heterocycles. The van der Waals surface area contributed by atoms with Gasteiger partial charge in [-0.25, -0.2) is 4.79 Å². The molecule has 9 nitrogen and oxygen atoms in total. The fraction of sp³-hybridized carbons (Fsp3) is 0.333. The summed E-state index contributed by atoms with van der Waals surface area (Å²) in [7, 11) is 0. The average Bonchev–Trinajstić information content (AvgIpc) is 3.05. The largest absolute Gasteiger partial charge is 0.493 e. The number of imide groups is 1. The van der Waals surface area contributed by atoms with E-state index in [1.807, 2.05) is 13.8 Å². The van der Waals surface area contributed by atoms with E-state index in [0.717, 1.165) is 4.90 Å². The number of hydrogen-bond acceptors (Lipinski definition) is 5. The molecule has 2 aromatic rings. The molecule has 172 valence electrons. The van der Waals surface area contributed by atoms with Crippen molar-refractivity contribution < 1.29 is 23.9 Å². The highest BCUT2D eigenvalue weighted by Gasteiger charge is 2.55. The topological polar surface area (TPSA) is 108 Å². The number of nitrogens with zero attached hydrogens (tertiary/aromatic N) is 2. The van der Waals surface area contributed by atoms with Crippen LogP contribution in [0, 0.1) is 0 Å². The van der Waals surface area contributed by atoms with Crippen LogP contribution in [0.4, 0.5) is 10.5 Å². The number of benzene rings is 2. The number of fused-ring (bicyclic) bond motifs is 2. The van der Waals surface area contributed by atoms with Gasteiger partial charge >= 0.3 is 6.03 Å². The maximum absolute atomic E-state index is 13.2. The lowest BCUT2D eigenvalue weighted by molar-refractivity contribution is -0.135. The second-order valence-electron chi connectivity index (χ2n) is 7.92. The number of amides is 5. The molecule has 2 aromatic carbocycles. The SMILES string of the molecule is CCN(CC)C(=O)c1ccc(NC(=O)CN2C(=O)NC3(CCOc4ccccc43)C2=O)cc1. The van der Waals surface area contributed by atoms with Crippen molar-refractivity contribution in [1.29, 1.82) is 0 Å². The summed E-state index contributed by atoms with van der Waals surface area (Å²) in [6.07, 6.45) is 0.286. The minimum atomic E-state index is -1.22. The van der Waals surface area contributed by atoms with E-state index in [-0.39, 0.29) is 18.9 Å². The van der Waals surface area contributed by atoms with Crippen molar-refractivity contribution in [1.82, 2.24) is 15.1 Å². The van der Waals surface area contributed by atoms with Gasteiger partial charge in [-0.1, -0.05) is 18.2 Å². The minimum absolute atomic E-state index is 0.0840. The van der Waals surface area contributed by atoms with Crippen LogP contribution in [0.15, 0.2) is 48.5 Å². The molecule has 33 heavy (non-hydrogen) atoms. The highest BCUT2D eigenvalue weighted by atomic mass is 16.5. The van der Waals surface area contributed by atoms with Crippen molar-refractivity contribution in [2.75, 3.05) is 31.6 Å². The fourth-order valence-corrected chi connectivity index (χ4v) is 4.25. The summed E-state index contributed by atoms with van der Waals surface area (Å²) in [5.41, 5.74) is 0.352. The van der Waals surface area contributed by atoms with Crippen LogP contribution in [0.3, 0.4) is 0 Å². The first-order valence-electron chi connectivity index (χ1n) is 10.9. The van der Waals surface area contributed by atoms with Crippen LogP contribution in [0.25, 0.3) is 0 Å². The van der Waals surface area contributed by atoms with Gasteiger partial charge in [0.05, 0.1) is 6.61 Å². The third kappa shape index (κ3) is 4.02. The molecule has 1 spiro atoms. The smallest absolute Gasteiger partial charge is 0.325 e. The van der Waals surface area contributed by atoms with Gasteiger partial charge in [0, 0.05) is 36.3 Å². The zero-order valence-electron chi connectivity index (χ0n) is 18.6. The van der Waals surface area contributed by atoms with Crippen LogP contribution < -0.4 is 15.4 Å². The van der Waals surface area contributed by atoms with E-state index in [4.69, 9.17) is 4.74 Å². The van der Waals surface area contributed by atoms with Crippen LogP contribution in [0.2, 0.25) is 0 Å². The molecule has 0 radical (unpaired) electrons. The van der Waals surface area contributed by atoms with E-state index >= 15 is 0 Å². The Kier molecular flexibility index (Phi) is 6.04. The third-order valence-electron chi connectivity index (χ3n) is 6.03. The zero-order chi connectivity index (χ0) is 23.6. The van der Waals surface area contributed by atoms with Gasteiger partial charge in [-0.2, -0.15) is 0 Å². The Labute approximate surface area is 191 Å². The highest BCUT2D eigenvalue weighted by molar-refractivity contribution is 6.10. The van der Waals surface area contributed by atoms with Crippen molar-refractivity contribution in [3.05, 3.63) is 59.7 Å². The number of carbonyl (C=O) groups excluding carboxylic acids is 4. The van der Waals surface area contributed by atoms with Crippen molar-refractivity contribution >= 4 is 29.4 Å². The maximum atomic E-state index is 13.2. The Morgan fingerprint density at radius 3 is 2.48 bits per heavy atom. The standard InChI is InChI=1S/C24H26N4O5/c1-3-27(4-2)21(30)16-9-11-17(12-10-16)25-20(29)15-28-22(31)24(26-23(28)32)13-14-33-19-8-6-5-7-18(19)24/h5-12H,3-4,13-15H2,1-2H3,(H,25,29)(H,26,32). The van der Waals surface area contributed by atoms with E-state index in [9.17, 15) is 19.2 Å². The molecule has 2 aliphatic heterocycles. The number of para-hydroxylation sites is 1. The predicted molar refractivity (Wildman–Crippen MR) is 121 cm³/mol. The van der Waals surface area contributed by atoms with E-state index in [2.05, 4.69) is 10.6 Å². The molecule has 4 rings (SSSR count). The van der Waals surface area contributed by atoms with E-state index in [1.165, 1.54) is 0 Å². The van der Waals surface area contributed by atoms with Gasteiger partial charge in [-0.3, -0.25) is 19.3 Å². The maximum Gasteiger partial charge on any atom is 0.325 e. The molecule has 5 amide bonds. The zero-order valence-corrected chi connectivity index (χ0v) is 18.6. The molecule has 0 aliphatic carbocycles. The lowest BCUT2D eigenvalue weighted by Gasteiger charge is -2.33. The number of anilines is 1. The molecule has 0 saturated carbocycles. The highest BCUT2D eigenvalue weighted by Crippen LogP contribution is 2.40. The van der Waals surface area contributed by atoms with Gasteiger partial charge in [-0.05, 0) is 44.2 Å². The Bertz CT molecular complexity index is 1100. The van der Waals surface area contributed by atoms with Gasteiger partial charge < -0.3 is 20.3 Å². The van der Waals surface area contributed by atoms with Crippen molar-refractivity contribution in [3.63, 3.8) is 0 Å². The third-order valence-corrected chi connectivity index (χ3v) is 6.03. The first-order chi connectivity index (χ1) is 15.9. The molecular formula is C24H26N4O5. The average molecular weight is 450 g/mol. The Morgan fingerprint density at radius 1 is 1.09 bits per heavy atom. The van der Waals surface area contributed by atoms with E-state index < -0.39 is 29.9 Å². The van der Waals surface area contributed by atoms with Gasteiger partial charge in [0.2, 0.25) is 5.91 Å². The van der Waals surface area contributed by atoms with Crippen LogP contribution in [-0.2, 0) is 15.1 Å². The van der Waals surface area contributed by atoms with Gasteiger partial charge in [0.25, 0.3) is 11.8 Å². The fourth-order valence-electron chi connectivity index (χ4n) is 4.25. The summed E-state index contributed by atoms with van der Waals surface area (Å²) in [5, 5.41) is 5.45. The van der Waals surface area contributed by atoms with Crippen molar-refractivity contribution in [2.45, 2.75) is 25.8 Å². The van der Waals surface area contributed by atoms with Crippen LogP contribution in [-0.4, -0.2) is 59.8 Å². The summed E-state index contributed by atoms with van der Waals surface area (Å²) in [5.74, 6) is -0.528. The summed E-state index contributed by atoms with van der Waals surface area (Å²) in [6, 6.07) is 13.0. The van der Waals surface area contributed by atoms with Gasteiger partial charge in [0.1, 0.15) is 12.3 Å². The van der Waals surface area contributed by atoms with Gasteiger partial charge in [-0.15, -0.1) is 0 Å². The second kappa shape index (κ2) is 8.93. The summed E-state index contributed by atoms with van der Waals surface area (Å²) in [4.78, 5) is 53.5. The van der Waals surface area contributed by atoms with Gasteiger partial charge in [0.15, 0.2) is 5.54 Å². The van der Waals surface area contributed by atoms with E-state index in [0.29, 0.717) is 35.7 Å². The number of rotatable bonds is 6.